The number of alkyl halides is 1. The van der Waals surface area contributed by atoms with Gasteiger partial charge in [0, 0.05) is 36.7 Å². The van der Waals surface area contributed by atoms with Crippen LogP contribution < -0.4 is 15.4 Å². The first-order valence-electron chi connectivity index (χ1n) is 9.66. The maximum absolute atomic E-state index is 13.8. The normalized spacial score (nSPS) is 24.4. The van der Waals surface area contributed by atoms with Crippen molar-refractivity contribution in [1.29, 1.82) is 0 Å². The standard InChI is InChI=1S/C22H23FN2O4/c1-24-22(28)16-8-13(21(27)25-17-9-14(17)11-26)7-15-19(12-5-3-2-4-6-12)18(10-23)29-20(15)16/h2-8,14,17-19,26H,9-11H2,1H3,(H,24,28)(H,25,27)/t14-,17+,18-,19+/m0/s1. The Bertz CT molecular complexity index is 934. The summed E-state index contributed by atoms with van der Waals surface area (Å²) in [7, 11) is 1.49. The van der Waals surface area contributed by atoms with Gasteiger partial charge in [-0.05, 0) is 24.1 Å². The van der Waals surface area contributed by atoms with E-state index in [0.29, 0.717) is 16.9 Å². The molecule has 0 bridgehead atoms. The number of ether oxygens (including phenoxy) is 1. The van der Waals surface area contributed by atoms with Crippen molar-refractivity contribution >= 4 is 11.8 Å². The number of carbonyl (C=O) groups excluding carboxylic acids is 2. The van der Waals surface area contributed by atoms with Gasteiger partial charge in [-0.1, -0.05) is 30.3 Å². The molecule has 1 aliphatic heterocycles. The maximum Gasteiger partial charge on any atom is 0.254 e. The Morgan fingerprint density at radius 2 is 1.97 bits per heavy atom. The third-order valence-electron chi connectivity index (χ3n) is 5.61. The third kappa shape index (κ3) is 3.58. The fourth-order valence-electron chi connectivity index (χ4n) is 3.92. The second-order valence-electron chi connectivity index (χ2n) is 7.48. The highest BCUT2D eigenvalue weighted by Crippen LogP contribution is 2.45. The second-order valence-corrected chi connectivity index (χ2v) is 7.48. The van der Waals surface area contributed by atoms with Gasteiger partial charge in [-0.15, -0.1) is 0 Å². The Labute approximate surface area is 168 Å². The van der Waals surface area contributed by atoms with Gasteiger partial charge >= 0.3 is 0 Å². The van der Waals surface area contributed by atoms with Crippen LogP contribution in [0.15, 0.2) is 42.5 Å². The Hall–Kier alpha value is -2.93. The summed E-state index contributed by atoms with van der Waals surface area (Å²) in [5.74, 6) is -0.755. The van der Waals surface area contributed by atoms with Gasteiger partial charge in [0.25, 0.3) is 11.8 Å². The first-order chi connectivity index (χ1) is 14.1. The fraction of sp³-hybridized carbons (Fsp3) is 0.364. The number of hydrogen-bond acceptors (Lipinski definition) is 4. The molecule has 6 nitrogen and oxygen atoms in total. The zero-order valence-corrected chi connectivity index (χ0v) is 16.0. The van der Waals surface area contributed by atoms with Gasteiger partial charge in [0.1, 0.15) is 18.5 Å². The first kappa shape index (κ1) is 19.4. The molecule has 0 unspecified atom stereocenters. The van der Waals surface area contributed by atoms with Crippen LogP contribution in [0, 0.1) is 5.92 Å². The van der Waals surface area contributed by atoms with E-state index < -0.39 is 24.6 Å². The Balaban J connectivity index is 1.76. The van der Waals surface area contributed by atoms with Crippen LogP contribution in [0.3, 0.4) is 0 Å². The summed E-state index contributed by atoms with van der Waals surface area (Å²) in [6.45, 7) is -0.691. The molecule has 1 heterocycles. The lowest BCUT2D eigenvalue weighted by Crippen LogP contribution is -2.28. The molecule has 0 saturated heterocycles. The van der Waals surface area contributed by atoms with Crippen LogP contribution >= 0.6 is 0 Å². The average molecular weight is 398 g/mol. The minimum Gasteiger partial charge on any atom is -0.486 e. The highest BCUT2D eigenvalue weighted by atomic mass is 19.1. The lowest BCUT2D eigenvalue weighted by Gasteiger charge is -2.16. The lowest BCUT2D eigenvalue weighted by atomic mass is 9.86. The predicted molar refractivity (Wildman–Crippen MR) is 105 cm³/mol. The molecule has 0 radical (unpaired) electrons. The number of aliphatic hydroxyl groups is 1. The fourth-order valence-corrected chi connectivity index (χ4v) is 3.92. The van der Waals surface area contributed by atoms with E-state index in [1.54, 1.807) is 6.07 Å². The maximum atomic E-state index is 13.8. The summed E-state index contributed by atoms with van der Waals surface area (Å²) in [4.78, 5) is 25.2. The number of carbonyl (C=O) groups is 2. The summed E-state index contributed by atoms with van der Waals surface area (Å²) in [5, 5.41) is 14.6. The topological polar surface area (TPSA) is 87.7 Å². The van der Waals surface area contributed by atoms with Crippen molar-refractivity contribution in [2.45, 2.75) is 24.5 Å². The van der Waals surface area contributed by atoms with E-state index >= 15 is 0 Å². The molecule has 7 heteroatoms. The number of fused-ring (bicyclic) bond motifs is 1. The van der Waals surface area contributed by atoms with Crippen molar-refractivity contribution < 1.29 is 23.8 Å². The van der Waals surface area contributed by atoms with Crippen LogP contribution in [-0.2, 0) is 0 Å². The number of benzene rings is 2. The number of rotatable bonds is 6. The molecular weight excluding hydrogens is 375 g/mol. The van der Waals surface area contributed by atoms with E-state index in [0.717, 1.165) is 12.0 Å². The summed E-state index contributed by atoms with van der Waals surface area (Å²) in [5.41, 5.74) is 2.01. The van der Waals surface area contributed by atoms with Crippen LogP contribution in [0.1, 0.15) is 44.2 Å². The third-order valence-corrected chi connectivity index (χ3v) is 5.61. The zero-order valence-electron chi connectivity index (χ0n) is 16.0. The van der Waals surface area contributed by atoms with E-state index in [1.807, 2.05) is 30.3 Å². The van der Waals surface area contributed by atoms with Crippen molar-refractivity contribution in [3.05, 3.63) is 64.7 Å². The highest BCUT2D eigenvalue weighted by molar-refractivity contribution is 6.02. The molecule has 29 heavy (non-hydrogen) atoms. The summed E-state index contributed by atoms with van der Waals surface area (Å²) < 4.78 is 19.6. The molecule has 152 valence electrons. The monoisotopic (exact) mass is 398 g/mol. The minimum atomic E-state index is -0.767. The van der Waals surface area contributed by atoms with Crippen LogP contribution in [0.4, 0.5) is 4.39 Å². The van der Waals surface area contributed by atoms with Crippen molar-refractivity contribution in [2.75, 3.05) is 20.3 Å². The molecule has 2 amide bonds. The number of nitrogens with one attached hydrogen (secondary N) is 2. The van der Waals surface area contributed by atoms with E-state index in [-0.39, 0.29) is 30.0 Å². The van der Waals surface area contributed by atoms with Crippen LogP contribution in [0.5, 0.6) is 5.75 Å². The molecule has 3 N–H and O–H groups in total. The molecule has 0 spiro atoms. The molecular formula is C22H23FN2O4. The van der Waals surface area contributed by atoms with E-state index in [9.17, 15) is 19.1 Å². The predicted octanol–water partition coefficient (Wildman–Crippen LogP) is 2.02. The summed E-state index contributed by atoms with van der Waals surface area (Å²) in [6, 6.07) is 12.5. The van der Waals surface area contributed by atoms with Crippen molar-refractivity contribution in [3.63, 3.8) is 0 Å². The van der Waals surface area contributed by atoms with Crippen LogP contribution in [-0.4, -0.2) is 49.4 Å². The van der Waals surface area contributed by atoms with Crippen molar-refractivity contribution in [1.82, 2.24) is 10.6 Å². The van der Waals surface area contributed by atoms with Crippen molar-refractivity contribution in [2.24, 2.45) is 5.92 Å². The highest BCUT2D eigenvalue weighted by Gasteiger charge is 2.40. The number of aliphatic hydroxyl groups excluding tert-OH is 1. The quantitative estimate of drug-likeness (QED) is 0.695. The van der Waals surface area contributed by atoms with Crippen LogP contribution in [0.25, 0.3) is 0 Å². The molecule has 1 aliphatic carbocycles. The van der Waals surface area contributed by atoms with Gasteiger partial charge < -0.3 is 20.5 Å². The second kappa shape index (κ2) is 7.83. The largest absolute Gasteiger partial charge is 0.486 e. The Morgan fingerprint density at radius 3 is 2.59 bits per heavy atom. The Morgan fingerprint density at radius 1 is 1.21 bits per heavy atom. The molecule has 0 aromatic heterocycles. The summed E-state index contributed by atoms with van der Waals surface area (Å²) in [6.07, 6.45) is -0.0360. The van der Waals surface area contributed by atoms with E-state index in [4.69, 9.17) is 4.74 Å². The first-order valence-corrected chi connectivity index (χ1v) is 9.66. The molecule has 1 saturated carbocycles. The molecule has 4 rings (SSSR count). The van der Waals surface area contributed by atoms with Gasteiger partial charge in [0.15, 0.2) is 0 Å². The van der Waals surface area contributed by atoms with Crippen molar-refractivity contribution in [3.8, 4) is 5.75 Å². The van der Waals surface area contributed by atoms with Gasteiger partial charge in [-0.2, -0.15) is 0 Å². The van der Waals surface area contributed by atoms with E-state index in [2.05, 4.69) is 10.6 Å². The lowest BCUT2D eigenvalue weighted by molar-refractivity contribution is 0.0947. The number of halogens is 1. The molecule has 1 fully saturated rings. The zero-order chi connectivity index (χ0) is 20.5. The molecule has 2 aromatic rings. The van der Waals surface area contributed by atoms with Gasteiger partial charge in [0.05, 0.1) is 11.5 Å². The molecule has 2 aliphatic rings. The van der Waals surface area contributed by atoms with Gasteiger partial charge in [-0.3, -0.25) is 9.59 Å². The minimum absolute atomic E-state index is 0.0285. The number of hydrogen-bond donors (Lipinski definition) is 3. The molecule has 2 aromatic carbocycles. The average Bonchev–Trinajstić information content (AvgIpc) is 3.40. The number of amides is 2. The van der Waals surface area contributed by atoms with Gasteiger partial charge in [0.2, 0.25) is 0 Å². The van der Waals surface area contributed by atoms with Crippen LogP contribution in [0.2, 0.25) is 0 Å². The smallest absolute Gasteiger partial charge is 0.254 e. The Kier molecular flexibility index (Phi) is 5.24. The summed E-state index contributed by atoms with van der Waals surface area (Å²) >= 11 is 0. The molecule has 4 atom stereocenters. The SMILES string of the molecule is CNC(=O)c1cc(C(=O)N[C@@H]2C[C@H]2CO)cc2c1O[C@@H](CF)[C@@H]2c1ccccc1. The van der Waals surface area contributed by atoms with Gasteiger partial charge in [-0.25, -0.2) is 4.39 Å². The van der Waals surface area contributed by atoms with E-state index in [1.165, 1.54) is 13.1 Å².